The second-order valence-electron chi connectivity index (χ2n) is 15.9. The number of aryl methyl sites for hydroxylation is 1. The monoisotopic (exact) mass is 1060 g/mol. The van der Waals surface area contributed by atoms with Gasteiger partial charge in [-0.2, -0.15) is 127 Å². The van der Waals surface area contributed by atoms with E-state index in [0.717, 1.165) is 13.0 Å². The smallest absolute Gasteiger partial charge is 0.201 e. The summed E-state index contributed by atoms with van der Waals surface area (Å²) in [4.78, 5) is 0. The highest BCUT2D eigenvalue weighted by molar-refractivity contribution is 7.20. The van der Waals surface area contributed by atoms with E-state index in [4.69, 9.17) is 0 Å². The van der Waals surface area contributed by atoms with Crippen LogP contribution in [0, 0.1) is 0 Å². The highest BCUT2D eigenvalue weighted by Gasteiger charge is 2.47. The van der Waals surface area contributed by atoms with E-state index in [1.165, 1.54) is 11.1 Å². The molecule has 388 valence electrons. The molecule has 0 N–H and O–H groups in total. The summed E-state index contributed by atoms with van der Waals surface area (Å²) in [5, 5.41) is 0. The van der Waals surface area contributed by atoms with Gasteiger partial charge in [0.1, 0.15) is 6.15 Å². The molecule has 0 aliphatic carbocycles. The van der Waals surface area contributed by atoms with Crippen LogP contribution in [-0.2, 0) is 62.4 Å². The van der Waals surface area contributed by atoms with Crippen molar-refractivity contribution in [1.82, 2.24) is 0 Å². The summed E-state index contributed by atoms with van der Waals surface area (Å²) in [6.45, 7) is 3.13. The van der Waals surface area contributed by atoms with Gasteiger partial charge in [-0.15, -0.1) is 0 Å². The van der Waals surface area contributed by atoms with E-state index in [9.17, 15) is 105 Å². The van der Waals surface area contributed by atoms with Crippen LogP contribution in [0.1, 0.15) is 62.6 Å². The van der Waals surface area contributed by atoms with Gasteiger partial charge in [-0.25, -0.2) is 4.57 Å². The Balaban J connectivity index is 0.000000542. The number of pyridine rings is 1. The van der Waals surface area contributed by atoms with E-state index < -0.39 is 195 Å². The van der Waals surface area contributed by atoms with Gasteiger partial charge in [-0.1, -0.05) is 85.8 Å². The van der Waals surface area contributed by atoms with E-state index in [1.807, 2.05) is 6.07 Å². The minimum absolute atomic E-state index is 0.691. The molecule has 6 rings (SSSR count). The Bertz CT molecular complexity index is 2410. The van der Waals surface area contributed by atoms with Crippen molar-refractivity contribution >= 4 is 28.0 Å². The summed E-state index contributed by atoms with van der Waals surface area (Å²) in [7, 11) is 0. The maximum atomic E-state index is 14.2. The summed E-state index contributed by atoms with van der Waals surface area (Å²) in [5.41, 5.74) is -27.5. The molecule has 72 heavy (non-hydrogen) atoms. The van der Waals surface area contributed by atoms with Gasteiger partial charge in [0.15, 0.2) is 18.9 Å². The zero-order chi connectivity index (χ0) is 54.4. The van der Waals surface area contributed by atoms with Crippen LogP contribution in [0.2, 0.25) is 0 Å². The standard InChI is InChI=1S/C32H12BF24.C14H16N/c34-25(35,36)13-1-14(26(37,38)39)6-21(5-13)33(22-7-15(27(40,41)42)2-16(8-22)28(43,44)45,23-9-17(29(46,47)48)3-18(10-23)30(49,50)51)24-11-19(31(52,53)54)4-20(12-24)32(55,56)57;1-2-13-6-8-14(9-7-13)12-15-10-4-3-5-11-15/h1-12H;3-11H,2,12H2,1H3/q-1;+1. The molecule has 0 radical (unpaired) electrons. The van der Waals surface area contributed by atoms with Gasteiger partial charge >= 0.3 is 49.4 Å². The Kier molecular flexibility index (Phi) is 15.4. The van der Waals surface area contributed by atoms with Gasteiger partial charge in [0.05, 0.1) is 44.5 Å². The van der Waals surface area contributed by atoms with Crippen LogP contribution in [0.15, 0.2) is 128 Å². The molecule has 0 aliphatic rings. The predicted octanol–water partition coefficient (Wildman–Crippen LogP) is 13.8. The second-order valence-corrected chi connectivity index (χ2v) is 15.9. The number of alkyl halides is 24. The first kappa shape index (κ1) is 56.5. The molecule has 0 spiro atoms. The molecule has 0 bridgehead atoms. The third-order valence-corrected chi connectivity index (χ3v) is 11.0. The molecule has 0 atom stereocenters. The van der Waals surface area contributed by atoms with Crippen molar-refractivity contribution in [3.63, 3.8) is 0 Å². The van der Waals surface area contributed by atoms with Gasteiger partial charge < -0.3 is 0 Å². The van der Waals surface area contributed by atoms with Crippen LogP contribution >= 0.6 is 0 Å². The largest absolute Gasteiger partial charge is 0.416 e. The average Bonchev–Trinajstić information content (AvgIpc) is 3.25. The zero-order valence-corrected chi connectivity index (χ0v) is 35.6. The number of aromatic nitrogens is 1. The minimum Gasteiger partial charge on any atom is -0.201 e. The lowest BCUT2D eigenvalue weighted by Crippen LogP contribution is -2.75. The molecule has 1 nitrogen and oxygen atoms in total. The van der Waals surface area contributed by atoms with Crippen molar-refractivity contribution in [3.05, 3.63) is 183 Å². The fraction of sp³-hybridized carbons (Fsp3) is 0.239. The molecule has 1 heterocycles. The molecule has 5 aromatic carbocycles. The molecule has 0 unspecified atom stereocenters. The van der Waals surface area contributed by atoms with E-state index in [0.29, 0.717) is 0 Å². The van der Waals surface area contributed by atoms with Crippen molar-refractivity contribution in [1.29, 1.82) is 0 Å². The molecule has 0 aliphatic heterocycles. The van der Waals surface area contributed by atoms with Crippen LogP contribution < -0.4 is 26.4 Å². The quantitative estimate of drug-likeness (QED) is 0.0852. The minimum atomic E-state index is -6.13. The molecule has 0 saturated carbocycles. The van der Waals surface area contributed by atoms with Gasteiger partial charge in [0, 0.05) is 17.7 Å². The number of hydrogen-bond donors (Lipinski definition) is 0. The number of rotatable bonds is 7. The summed E-state index contributed by atoms with van der Waals surface area (Å²) >= 11 is 0. The Labute approximate surface area is 390 Å². The Morgan fingerprint density at radius 3 is 0.708 bits per heavy atom. The van der Waals surface area contributed by atoms with Crippen LogP contribution in [0.4, 0.5) is 105 Å². The SMILES string of the molecule is CCc1ccc(C[n+]2ccccc2)cc1.FC(F)(F)c1cc([B-](c2cc(C(F)(F)F)cc(C(F)(F)F)c2)(c2cc(C(F)(F)F)cc(C(F)(F)F)c2)c2cc(C(F)(F)F)cc(C(F)(F)F)c2)cc(C(F)(F)F)c1. The van der Waals surface area contributed by atoms with E-state index in [2.05, 4.69) is 60.3 Å². The van der Waals surface area contributed by atoms with Crippen LogP contribution in [0.3, 0.4) is 0 Å². The topological polar surface area (TPSA) is 3.88 Å². The predicted molar refractivity (Wildman–Crippen MR) is 212 cm³/mol. The molecule has 0 saturated heterocycles. The highest BCUT2D eigenvalue weighted by Crippen LogP contribution is 2.41. The number of nitrogens with zero attached hydrogens (tertiary/aromatic N) is 1. The lowest BCUT2D eigenvalue weighted by Gasteiger charge is -2.46. The maximum absolute atomic E-state index is 14.2. The fourth-order valence-corrected chi connectivity index (χ4v) is 7.70. The van der Waals surface area contributed by atoms with Crippen LogP contribution in [0.25, 0.3) is 0 Å². The Morgan fingerprint density at radius 1 is 0.306 bits per heavy atom. The van der Waals surface area contributed by atoms with Crippen molar-refractivity contribution in [3.8, 4) is 0 Å². The third-order valence-electron chi connectivity index (χ3n) is 11.0. The van der Waals surface area contributed by atoms with Crippen LogP contribution in [0.5, 0.6) is 0 Å². The van der Waals surface area contributed by atoms with Crippen LogP contribution in [-0.4, -0.2) is 6.15 Å². The number of halogens is 24. The molecular weight excluding hydrogens is 1030 g/mol. The first-order valence-corrected chi connectivity index (χ1v) is 20.0. The average molecular weight is 1060 g/mol. The summed E-state index contributed by atoms with van der Waals surface area (Å²) in [5.74, 6) is 0. The molecule has 0 amide bonds. The van der Waals surface area contributed by atoms with Crippen molar-refractivity contribution in [2.24, 2.45) is 0 Å². The maximum Gasteiger partial charge on any atom is 0.416 e. The van der Waals surface area contributed by atoms with Gasteiger partial charge in [0.25, 0.3) is 0 Å². The lowest BCUT2D eigenvalue weighted by atomic mass is 9.12. The van der Waals surface area contributed by atoms with Gasteiger partial charge in [0.2, 0.25) is 0 Å². The summed E-state index contributed by atoms with van der Waals surface area (Å²) in [6, 6.07) is 6.17. The van der Waals surface area contributed by atoms with Crippen molar-refractivity contribution in [2.75, 3.05) is 0 Å². The first-order valence-electron chi connectivity index (χ1n) is 20.0. The third kappa shape index (κ3) is 13.2. The number of benzene rings is 5. The molecule has 6 aromatic rings. The molecule has 26 heteroatoms. The highest BCUT2D eigenvalue weighted by atomic mass is 19.4. The molecule has 0 fully saturated rings. The second kappa shape index (κ2) is 19.6. The summed E-state index contributed by atoms with van der Waals surface area (Å²) < 4.78 is 343. The Hall–Kier alpha value is -6.37. The molecule has 1 aromatic heterocycles. The Morgan fingerprint density at radius 2 is 0.514 bits per heavy atom. The van der Waals surface area contributed by atoms with Gasteiger partial charge in [-0.05, 0) is 36.2 Å². The lowest BCUT2D eigenvalue weighted by molar-refractivity contribution is -0.688. The number of hydrogen-bond acceptors (Lipinski definition) is 0. The summed E-state index contributed by atoms with van der Waals surface area (Å²) in [6.07, 6.45) is -49.5. The zero-order valence-electron chi connectivity index (χ0n) is 35.6. The van der Waals surface area contributed by atoms with E-state index in [1.54, 1.807) is 0 Å². The van der Waals surface area contributed by atoms with Crippen molar-refractivity contribution in [2.45, 2.75) is 69.3 Å². The molecular formula is C46H28BF24N. The van der Waals surface area contributed by atoms with E-state index >= 15 is 0 Å². The first-order chi connectivity index (χ1) is 32.6. The normalized spacial score (nSPS) is 13.5. The van der Waals surface area contributed by atoms with Crippen molar-refractivity contribution < 1.29 is 110 Å². The van der Waals surface area contributed by atoms with E-state index in [-0.39, 0.29) is 0 Å². The van der Waals surface area contributed by atoms with Gasteiger partial charge in [-0.3, -0.25) is 0 Å². The fourth-order valence-electron chi connectivity index (χ4n) is 7.70.